The third-order valence-corrected chi connectivity index (χ3v) is 18.0. The van der Waals surface area contributed by atoms with Crippen LogP contribution in [0.2, 0.25) is 0 Å². The molecule has 0 aromatic rings. The van der Waals surface area contributed by atoms with Crippen molar-refractivity contribution in [2.24, 2.45) is 0 Å². The number of rotatable bonds is 70. The van der Waals surface area contributed by atoms with Gasteiger partial charge in [0.25, 0.3) is 7.82 Å². The smallest absolute Gasteiger partial charge is 0.306 e. The number of allylic oxidation sites excluding steroid dienone is 2. The highest BCUT2D eigenvalue weighted by atomic mass is 31.2. The molecule has 0 aromatic carbocycles. The average molecular weight is 1190 g/mol. The summed E-state index contributed by atoms with van der Waals surface area (Å²) in [5, 5.41) is 0. The molecule has 0 saturated carbocycles. The van der Waals surface area contributed by atoms with Crippen molar-refractivity contribution < 1.29 is 42.1 Å². The van der Waals surface area contributed by atoms with E-state index in [0.29, 0.717) is 17.4 Å². The number of carbonyl (C=O) groups excluding carboxylic acids is 2. The Kier molecular flexibility index (Phi) is 64.2. The summed E-state index contributed by atoms with van der Waals surface area (Å²) in [6.07, 6.45) is 80.3. The van der Waals surface area contributed by atoms with Gasteiger partial charge in [-0.25, -0.2) is 0 Å². The molecule has 0 N–H and O–H groups in total. The number of carbonyl (C=O) groups is 2. The van der Waals surface area contributed by atoms with Crippen LogP contribution in [0.1, 0.15) is 393 Å². The van der Waals surface area contributed by atoms with Gasteiger partial charge in [-0.3, -0.25) is 14.2 Å². The van der Waals surface area contributed by atoms with Crippen molar-refractivity contribution in [2.45, 2.75) is 399 Å². The Hall–Kier alpha value is -1.25. The standard InChI is InChI=1S/C73H144NO8P/c1-6-8-10-12-14-16-18-20-22-24-26-28-30-31-32-33-34-35-36-37-38-39-40-41-42-43-44-46-48-50-52-54-56-58-60-62-64-66-73(76)82-71(70-81-83(77,78)80-68-67-74(3,4)5)69-79-72(75)65-63-61-59-57-55-53-51-49-47-45-29-27-25-23-21-19-17-15-13-11-9-7-2/h24,26,71H,6-23,25,27-70H2,1-5H3/b26-24-. The second kappa shape index (κ2) is 65.2. The van der Waals surface area contributed by atoms with Gasteiger partial charge in [0.15, 0.2) is 6.10 Å². The van der Waals surface area contributed by atoms with Gasteiger partial charge in [0.2, 0.25) is 0 Å². The van der Waals surface area contributed by atoms with Gasteiger partial charge in [0.05, 0.1) is 27.7 Å². The van der Waals surface area contributed by atoms with Gasteiger partial charge in [-0.2, -0.15) is 0 Å². The molecule has 83 heavy (non-hydrogen) atoms. The molecule has 9 nitrogen and oxygen atoms in total. The molecule has 2 unspecified atom stereocenters. The Bertz CT molecular complexity index is 1400. The highest BCUT2D eigenvalue weighted by Crippen LogP contribution is 2.38. The second-order valence-electron chi connectivity index (χ2n) is 26.7. The highest BCUT2D eigenvalue weighted by Gasteiger charge is 2.22. The minimum Gasteiger partial charge on any atom is -0.756 e. The zero-order chi connectivity index (χ0) is 60.5. The Morgan fingerprint density at radius 1 is 0.361 bits per heavy atom. The van der Waals surface area contributed by atoms with Crippen molar-refractivity contribution in [1.82, 2.24) is 0 Å². The van der Waals surface area contributed by atoms with E-state index in [9.17, 15) is 19.0 Å². The molecule has 0 aliphatic heterocycles. The molecule has 0 aliphatic carbocycles. The van der Waals surface area contributed by atoms with Gasteiger partial charge in [-0.15, -0.1) is 0 Å². The van der Waals surface area contributed by atoms with Crippen LogP contribution in [0.15, 0.2) is 12.2 Å². The van der Waals surface area contributed by atoms with Crippen LogP contribution in [0.4, 0.5) is 0 Å². The number of phosphoric acid groups is 1. The molecular formula is C73H144NO8P. The minimum atomic E-state index is -4.64. The van der Waals surface area contributed by atoms with Gasteiger partial charge in [0, 0.05) is 12.8 Å². The van der Waals surface area contributed by atoms with Gasteiger partial charge < -0.3 is 27.9 Å². The summed E-state index contributed by atoms with van der Waals surface area (Å²) in [6, 6.07) is 0. The van der Waals surface area contributed by atoms with E-state index in [0.717, 1.165) is 32.1 Å². The first kappa shape index (κ1) is 81.8. The lowest BCUT2D eigenvalue weighted by Crippen LogP contribution is -2.37. The fourth-order valence-electron chi connectivity index (χ4n) is 11.4. The molecule has 494 valence electrons. The average Bonchev–Trinajstić information content (AvgIpc) is 3.49. The molecule has 0 bridgehead atoms. The fraction of sp³-hybridized carbons (Fsp3) is 0.945. The molecule has 0 aliphatic rings. The second-order valence-corrected chi connectivity index (χ2v) is 28.1. The summed E-state index contributed by atoms with van der Waals surface area (Å²) in [7, 11) is 1.19. The molecular weight excluding hydrogens is 1050 g/mol. The van der Waals surface area contributed by atoms with E-state index in [4.69, 9.17) is 18.5 Å². The van der Waals surface area contributed by atoms with Crippen LogP contribution in [0, 0.1) is 0 Å². The van der Waals surface area contributed by atoms with Crippen LogP contribution < -0.4 is 4.89 Å². The molecule has 0 rings (SSSR count). The normalized spacial score (nSPS) is 13.1. The van der Waals surface area contributed by atoms with Gasteiger partial charge in [-0.05, 0) is 38.5 Å². The first-order valence-electron chi connectivity index (χ1n) is 36.9. The maximum absolute atomic E-state index is 12.9. The van der Waals surface area contributed by atoms with Crippen molar-refractivity contribution in [1.29, 1.82) is 0 Å². The van der Waals surface area contributed by atoms with E-state index in [2.05, 4.69) is 26.0 Å². The zero-order valence-electron chi connectivity index (χ0n) is 56.4. The summed E-state index contributed by atoms with van der Waals surface area (Å²) < 4.78 is 34.3. The number of phosphoric ester groups is 1. The maximum atomic E-state index is 12.9. The van der Waals surface area contributed by atoms with Crippen LogP contribution in [0.5, 0.6) is 0 Å². The lowest BCUT2D eigenvalue weighted by Gasteiger charge is -2.28. The number of unbranched alkanes of at least 4 members (excludes halogenated alkanes) is 54. The summed E-state index contributed by atoms with van der Waals surface area (Å²) in [6.45, 7) is 4.33. The Morgan fingerprint density at radius 3 is 0.892 bits per heavy atom. The highest BCUT2D eigenvalue weighted by molar-refractivity contribution is 7.45. The van der Waals surface area contributed by atoms with Crippen molar-refractivity contribution in [3.8, 4) is 0 Å². The third-order valence-electron chi connectivity index (χ3n) is 17.0. The first-order valence-corrected chi connectivity index (χ1v) is 38.4. The maximum Gasteiger partial charge on any atom is 0.306 e. The third kappa shape index (κ3) is 69.7. The summed E-state index contributed by atoms with van der Waals surface area (Å²) in [4.78, 5) is 38.1. The number of ether oxygens (including phenoxy) is 2. The number of likely N-dealkylation sites (N-methyl/N-ethyl adjacent to an activating group) is 1. The predicted molar refractivity (Wildman–Crippen MR) is 356 cm³/mol. The van der Waals surface area contributed by atoms with Crippen molar-refractivity contribution in [2.75, 3.05) is 47.5 Å². The lowest BCUT2D eigenvalue weighted by molar-refractivity contribution is -0.870. The number of esters is 2. The van der Waals surface area contributed by atoms with E-state index in [-0.39, 0.29) is 32.0 Å². The quantitative estimate of drug-likeness (QED) is 0.0195. The Labute approximate surface area is 517 Å². The molecule has 0 saturated heterocycles. The van der Waals surface area contributed by atoms with Crippen LogP contribution in [0.3, 0.4) is 0 Å². The SMILES string of the molecule is CCCCCCCCCC/C=C\CCCCCCCCCCCCCCCCCCCCCCCCCCCC(=O)OC(COC(=O)CCCCCCCCCCCCCCCCCCCCCCCC)COP(=O)([O-])OCC[N+](C)(C)C. The predicted octanol–water partition coefficient (Wildman–Crippen LogP) is 23.3. The number of hydrogen-bond donors (Lipinski definition) is 0. The van der Waals surface area contributed by atoms with Crippen molar-refractivity contribution >= 4 is 19.8 Å². The Balaban J connectivity index is 3.90. The van der Waals surface area contributed by atoms with Gasteiger partial charge >= 0.3 is 11.9 Å². The largest absolute Gasteiger partial charge is 0.756 e. The molecule has 2 atom stereocenters. The molecule has 0 spiro atoms. The zero-order valence-corrected chi connectivity index (χ0v) is 57.3. The number of nitrogens with zero attached hydrogens (tertiary/aromatic N) is 1. The summed E-state index contributed by atoms with van der Waals surface area (Å²) in [5.41, 5.74) is 0. The summed E-state index contributed by atoms with van der Waals surface area (Å²) in [5.74, 6) is -0.805. The van der Waals surface area contributed by atoms with Crippen LogP contribution >= 0.6 is 7.82 Å². The fourth-order valence-corrected chi connectivity index (χ4v) is 12.1. The lowest BCUT2D eigenvalue weighted by atomic mass is 10.0. The van der Waals surface area contributed by atoms with Crippen LogP contribution in [-0.2, 0) is 32.7 Å². The Morgan fingerprint density at radius 2 is 0.614 bits per heavy atom. The monoisotopic (exact) mass is 1190 g/mol. The van der Waals surface area contributed by atoms with Crippen molar-refractivity contribution in [3.05, 3.63) is 12.2 Å². The summed E-state index contributed by atoms with van der Waals surface area (Å²) >= 11 is 0. The molecule has 10 heteroatoms. The molecule has 0 fully saturated rings. The van der Waals surface area contributed by atoms with Crippen LogP contribution in [-0.4, -0.2) is 70.0 Å². The van der Waals surface area contributed by atoms with E-state index < -0.39 is 26.5 Å². The molecule has 0 aromatic heterocycles. The van der Waals surface area contributed by atoms with Crippen molar-refractivity contribution in [3.63, 3.8) is 0 Å². The number of hydrogen-bond acceptors (Lipinski definition) is 8. The van der Waals surface area contributed by atoms with E-state index in [1.54, 1.807) is 0 Å². The van der Waals surface area contributed by atoms with Crippen LogP contribution in [0.25, 0.3) is 0 Å². The van der Waals surface area contributed by atoms with Gasteiger partial charge in [0.1, 0.15) is 19.8 Å². The molecule has 0 radical (unpaired) electrons. The van der Waals surface area contributed by atoms with E-state index >= 15 is 0 Å². The molecule has 0 heterocycles. The topological polar surface area (TPSA) is 111 Å². The van der Waals surface area contributed by atoms with E-state index in [1.807, 2.05) is 21.1 Å². The van der Waals surface area contributed by atoms with Gasteiger partial charge in [-0.1, -0.05) is 353 Å². The van der Waals surface area contributed by atoms with E-state index in [1.165, 1.54) is 327 Å². The number of quaternary nitrogens is 1. The minimum absolute atomic E-state index is 0.0255. The first-order chi connectivity index (χ1) is 40.5. The molecule has 0 amide bonds.